The zero-order valence-electron chi connectivity index (χ0n) is 12.7. The van der Waals surface area contributed by atoms with Crippen molar-refractivity contribution < 1.29 is 4.74 Å². The van der Waals surface area contributed by atoms with E-state index in [1.54, 1.807) is 0 Å². The second-order valence-corrected chi connectivity index (χ2v) is 6.28. The molecule has 2 heterocycles. The lowest BCUT2D eigenvalue weighted by Gasteiger charge is -2.42. The molecule has 3 nitrogen and oxygen atoms in total. The molecule has 5 rings (SSSR count). The van der Waals surface area contributed by atoms with Gasteiger partial charge in [-0.15, -0.1) is 0 Å². The highest BCUT2D eigenvalue weighted by atomic mass is 16.5. The Balaban J connectivity index is 1.72. The van der Waals surface area contributed by atoms with Crippen molar-refractivity contribution in [2.24, 2.45) is 4.99 Å². The lowest BCUT2D eigenvalue weighted by atomic mass is 9.86. The van der Waals surface area contributed by atoms with Crippen molar-refractivity contribution in [3.8, 4) is 5.75 Å². The van der Waals surface area contributed by atoms with Gasteiger partial charge in [0, 0.05) is 35.6 Å². The molecule has 0 bridgehead atoms. The van der Waals surface area contributed by atoms with Gasteiger partial charge < -0.3 is 4.74 Å². The van der Waals surface area contributed by atoms with Crippen LogP contribution in [-0.4, -0.2) is 16.4 Å². The van der Waals surface area contributed by atoms with Crippen molar-refractivity contribution in [2.75, 3.05) is 0 Å². The summed E-state index contributed by atoms with van der Waals surface area (Å²) in [6.07, 6.45) is 5.09. The monoisotopic (exact) mass is 300 g/mol. The first-order chi connectivity index (χ1) is 11.3. The van der Waals surface area contributed by atoms with Crippen molar-refractivity contribution in [2.45, 2.75) is 25.0 Å². The van der Waals surface area contributed by atoms with E-state index in [-0.39, 0.29) is 5.72 Å². The van der Waals surface area contributed by atoms with Crippen LogP contribution in [0.1, 0.15) is 30.4 Å². The van der Waals surface area contributed by atoms with E-state index in [0.29, 0.717) is 0 Å². The summed E-state index contributed by atoms with van der Waals surface area (Å²) in [7, 11) is 0. The Labute approximate surface area is 134 Å². The Kier molecular flexibility index (Phi) is 2.60. The average Bonchev–Trinajstić information content (AvgIpc) is 2.59. The first-order valence-corrected chi connectivity index (χ1v) is 8.07. The minimum Gasteiger partial charge on any atom is -0.465 e. The van der Waals surface area contributed by atoms with Gasteiger partial charge in [-0.2, -0.15) is 0 Å². The molecule has 1 fully saturated rings. The molecule has 1 spiro atoms. The maximum absolute atomic E-state index is 6.19. The average molecular weight is 300 g/mol. The third kappa shape index (κ3) is 1.96. The smallest absolute Gasteiger partial charge is 0.200 e. The first-order valence-electron chi connectivity index (χ1n) is 8.07. The number of para-hydroxylation sites is 2. The highest BCUT2D eigenvalue weighted by Gasteiger charge is 2.42. The van der Waals surface area contributed by atoms with Crippen LogP contribution < -0.4 is 4.74 Å². The quantitative estimate of drug-likeness (QED) is 0.670. The SMILES string of the molecule is c1ccc2c(c1)OC1(CCC1)N=C2c1cnc2ccccc2c1. The first kappa shape index (κ1) is 12.8. The number of rotatable bonds is 1. The van der Waals surface area contributed by atoms with Crippen LogP contribution in [0.5, 0.6) is 5.75 Å². The molecule has 1 aliphatic heterocycles. The van der Waals surface area contributed by atoms with E-state index in [1.807, 2.05) is 42.6 Å². The van der Waals surface area contributed by atoms with Gasteiger partial charge >= 0.3 is 0 Å². The van der Waals surface area contributed by atoms with Crippen LogP contribution in [0.2, 0.25) is 0 Å². The molecule has 0 N–H and O–H groups in total. The minimum absolute atomic E-state index is 0.352. The molecule has 0 radical (unpaired) electrons. The summed E-state index contributed by atoms with van der Waals surface area (Å²) in [6.45, 7) is 0. The Morgan fingerprint density at radius 3 is 2.65 bits per heavy atom. The molecule has 0 unspecified atom stereocenters. The Bertz CT molecular complexity index is 941. The summed E-state index contributed by atoms with van der Waals surface area (Å²) in [4.78, 5) is 9.59. The predicted molar refractivity (Wildman–Crippen MR) is 91.0 cm³/mol. The van der Waals surface area contributed by atoms with Crippen molar-refractivity contribution in [1.82, 2.24) is 4.98 Å². The van der Waals surface area contributed by atoms with Crippen LogP contribution in [0, 0.1) is 0 Å². The second kappa shape index (κ2) is 4.66. The molecule has 0 amide bonds. The number of nitrogens with zero attached hydrogens (tertiary/aromatic N) is 2. The number of ether oxygens (including phenoxy) is 1. The zero-order valence-corrected chi connectivity index (χ0v) is 12.7. The number of aliphatic imine (C=N–C) groups is 1. The molecule has 1 saturated carbocycles. The summed E-state index contributed by atoms with van der Waals surface area (Å²) in [6, 6.07) is 18.5. The largest absolute Gasteiger partial charge is 0.465 e. The molecule has 2 aromatic carbocycles. The molecular formula is C20H16N2O. The summed E-state index contributed by atoms with van der Waals surface area (Å²) in [5.41, 5.74) is 3.78. The van der Waals surface area contributed by atoms with Crippen LogP contribution >= 0.6 is 0 Å². The lowest BCUT2D eigenvalue weighted by molar-refractivity contribution is -0.00150. The number of aromatic nitrogens is 1. The molecule has 1 aromatic heterocycles. The summed E-state index contributed by atoms with van der Waals surface area (Å²) >= 11 is 0. The van der Waals surface area contributed by atoms with E-state index < -0.39 is 0 Å². The van der Waals surface area contributed by atoms with Crippen molar-refractivity contribution >= 4 is 16.6 Å². The van der Waals surface area contributed by atoms with E-state index in [9.17, 15) is 0 Å². The summed E-state index contributed by atoms with van der Waals surface area (Å²) < 4.78 is 6.19. The van der Waals surface area contributed by atoms with E-state index in [0.717, 1.165) is 46.3 Å². The van der Waals surface area contributed by atoms with Gasteiger partial charge in [-0.1, -0.05) is 30.3 Å². The zero-order chi connectivity index (χ0) is 15.3. The maximum Gasteiger partial charge on any atom is 0.200 e. The fourth-order valence-electron chi connectivity index (χ4n) is 3.36. The van der Waals surface area contributed by atoms with Crippen LogP contribution in [0.3, 0.4) is 0 Å². The number of fused-ring (bicyclic) bond motifs is 2. The number of hydrogen-bond donors (Lipinski definition) is 0. The third-order valence-corrected chi connectivity index (χ3v) is 4.76. The van der Waals surface area contributed by atoms with Crippen LogP contribution in [0.25, 0.3) is 10.9 Å². The van der Waals surface area contributed by atoms with E-state index >= 15 is 0 Å². The molecule has 1 aliphatic carbocycles. The van der Waals surface area contributed by atoms with Gasteiger partial charge in [-0.3, -0.25) is 4.98 Å². The third-order valence-electron chi connectivity index (χ3n) is 4.76. The van der Waals surface area contributed by atoms with Gasteiger partial charge in [-0.05, 0) is 30.7 Å². The van der Waals surface area contributed by atoms with Crippen LogP contribution in [0.4, 0.5) is 0 Å². The fourth-order valence-corrected chi connectivity index (χ4v) is 3.36. The molecule has 3 heteroatoms. The standard InChI is InChI=1S/C20H16N2O/c1-3-8-17-14(6-1)12-15(13-21-17)19-16-7-2-4-9-18(16)23-20(22-19)10-5-11-20/h1-4,6-9,12-13H,5,10-11H2. The van der Waals surface area contributed by atoms with E-state index in [4.69, 9.17) is 9.73 Å². The van der Waals surface area contributed by atoms with E-state index in [1.165, 1.54) is 6.42 Å². The van der Waals surface area contributed by atoms with Gasteiger partial charge in [0.25, 0.3) is 0 Å². The van der Waals surface area contributed by atoms with Crippen LogP contribution in [0.15, 0.2) is 65.8 Å². The predicted octanol–water partition coefficient (Wildman–Crippen LogP) is 4.34. The van der Waals surface area contributed by atoms with Crippen molar-refractivity contribution in [3.05, 3.63) is 71.9 Å². The number of benzene rings is 2. The molecule has 0 atom stereocenters. The lowest BCUT2D eigenvalue weighted by Crippen LogP contribution is -2.44. The van der Waals surface area contributed by atoms with Crippen molar-refractivity contribution in [1.29, 1.82) is 0 Å². The van der Waals surface area contributed by atoms with Gasteiger partial charge in [0.2, 0.25) is 5.72 Å². The highest BCUT2D eigenvalue weighted by Crippen LogP contribution is 2.43. The van der Waals surface area contributed by atoms with Crippen molar-refractivity contribution in [3.63, 3.8) is 0 Å². The summed E-state index contributed by atoms with van der Waals surface area (Å²) in [5, 5.41) is 1.14. The molecule has 3 aromatic rings. The van der Waals surface area contributed by atoms with Gasteiger partial charge in [0.15, 0.2) is 0 Å². The molecule has 0 saturated heterocycles. The van der Waals surface area contributed by atoms with Crippen LogP contribution in [-0.2, 0) is 0 Å². The second-order valence-electron chi connectivity index (χ2n) is 6.28. The Hall–Kier alpha value is -2.68. The minimum atomic E-state index is -0.352. The van der Waals surface area contributed by atoms with Gasteiger partial charge in [0.1, 0.15) is 5.75 Å². The summed E-state index contributed by atoms with van der Waals surface area (Å²) in [5.74, 6) is 0.936. The Morgan fingerprint density at radius 1 is 0.957 bits per heavy atom. The normalized spacial score (nSPS) is 18.0. The highest BCUT2D eigenvalue weighted by molar-refractivity contribution is 6.16. The molecular weight excluding hydrogens is 284 g/mol. The van der Waals surface area contributed by atoms with Gasteiger partial charge in [-0.25, -0.2) is 4.99 Å². The molecule has 23 heavy (non-hydrogen) atoms. The topological polar surface area (TPSA) is 34.5 Å². The molecule has 2 aliphatic rings. The fraction of sp³-hybridized carbons (Fsp3) is 0.200. The Morgan fingerprint density at radius 2 is 1.78 bits per heavy atom. The maximum atomic E-state index is 6.19. The van der Waals surface area contributed by atoms with E-state index in [2.05, 4.69) is 23.2 Å². The van der Waals surface area contributed by atoms with Gasteiger partial charge in [0.05, 0.1) is 11.2 Å². The number of hydrogen-bond acceptors (Lipinski definition) is 3. The molecule has 112 valence electrons. The number of pyridine rings is 1.